The van der Waals surface area contributed by atoms with Crippen molar-refractivity contribution in [1.82, 2.24) is 20.3 Å². The maximum Gasteiger partial charge on any atom is 0.153 e. The van der Waals surface area contributed by atoms with Crippen LogP contribution in [0.25, 0.3) is 0 Å². The molecule has 1 fully saturated rings. The lowest BCUT2D eigenvalue weighted by atomic mass is 9.76. The van der Waals surface area contributed by atoms with E-state index in [2.05, 4.69) is 38.5 Å². The van der Waals surface area contributed by atoms with E-state index in [1.807, 2.05) is 18.8 Å². The van der Waals surface area contributed by atoms with Crippen molar-refractivity contribution in [2.45, 2.75) is 45.1 Å². The fraction of sp³-hybridized carbons (Fsp3) is 0.846. The molecule has 0 saturated heterocycles. The summed E-state index contributed by atoms with van der Waals surface area (Å²) >= 11 is 3.52. The first-order valence-electron chi connectivity index (χ1n) is 6.89. The van der Waals surface area contributed by atoms with Gasteiger partial charge in [0.25, 0.3) is 0 Å². The summed E-state index contributed by atoms with van der Waals surface area (Å²) in [6, 6.07) is 0.355. The highest BCUT2D eigenvalue weighted by atomic mass is 79.9. The van der Waals surface area contributed by atoms with E-state index >= 15 is 0 Å². The van der Waals surface area contributed by atoms with Crippen molar-refractivity contribution in [3.8, 4) is 0 Å². The van der Waals surface area contributed by atoms with E-state index in [4.69, 9.17) is 0 Å². The van der Waals surface area contributed by atoms with Crippen LogP contribution in [0.15, 0.2) is 4.60 Å². The molecule has 3 unspecified atom stereocenters. The van der Waals surface area contributed by atoms with Crippen molar-refractivity contribution in [1.29, 1.82) is 0 Å². The van der Waals surface area contributed by atoms with Crippen LogP contribution < -0.4 is 5.32 Å². The summed E-state index contributed by atoms with van der Waals surface area (Å²) in [5.41, 5.74) is 1.18. The van der Waals surface area contributed by atoms with E-state index in [-0.39, 0.29) is 0 Å². The third-order valence-corrected chi connectivity index (χ3v) is 4.87. The monoisotopic (exact) mass is 314 g/mol. The fourth-order valence-electron chi connectivity index (χ4n) is 3.27. The quantitative estimate of drug-likeness (QED) is 0.928. The molecule has 1 N–H and O–H groups in total. The van der Waals surface area contributed by atoms with Crippen LogP contribution in [0.1, 0.15) is 50.8 Å². The first-order chi connectivity index (χ1) is 8.67. The summed E-state index contributed by atoms with van der Waals surface area (Å²) in [5.74, 6) is 1.58. The van der Waals surface area contributed by atoms with E-state index in [0.717, 1.165) is 10.5 Å². The lowest BCUT2D eigenvalue weighted by Crippen LogP contribution is -2.31. The Morgan fingerprint density at radius 3 is 2.83 bits per heavy atom. The van der Waals surface area contributed by atoms with Crippen LogP contribution in [0, 0.1) is 11.8 Å². The number of aromatic nitrogens is 3. The van der Waals surface area contributed by atoms with Gasteiger partial charge in [0.2, 0.25) is 0 Å². The van der Waals surface area contributed by atoms with Gasteiger partial charge in [0.15, 0.2) is 4.60 Å². The largest absolute Gasteiger partial charge is 0.311 e. The molecule has 1 aliphatic rings. The molecule has 0 aliphatic heterocycles. The maximum absolute atomic E-state index is 4.11. The van der Waals surface area contributed by atoms with Gasteiger partial charge in [0.1, 0.15) is 0 Å². The van der Waals surface area contributed by atoms with Gasteiger partial charge in [-0.25, -0.2) is 4.68 Å². The summed E-state index contributed by atoms with van der Waals surface area (Å²) in [5, 5.41) is 11.7. The minimum Gasteiger partial charge on any atom is -0.311 e. The molecule has 0 aromatic carbocycles. The second-order valence-corrected chi connectivity index (χ2v) is 6.11. The molecular formula is C13H23BrN4. The molecule has 18 heavy (non-hydrogen) atoms. The molecule has 5 heteroatoms. The minimum absolute atomic E-state index is 0.355. The fourth-order valence-corrected chi connectivity index (χ4v) is 3.84. The van der Waals surface area contributed by atoms with Gasteiger partial charge in [-0.3, -0.25) is 0 Å². The summed E-state index contributed by atoms with van der Waals surface area (Å²) in [4.78, 5) is 0. The van der Waals surface area contributed by atoms with Crippen molar-refractivity contribution >= 4 is 15.9 Å². The number of aryl methyl sites for hydroxylation is 1. The van der Waals surface area contributed by atoms with E-state index in [1.165, 1.54) is 37.8 Å². The van der Waals surface area contributed by atoms with Gasteiger partial charge >= 0.3 is 0 Å². The second-order valence-electron chi connectivity index (χ2n) is 5.36. The zero-order chi connectivity index (χ0) is 13.1. The number of hydrogen-bond acceptors (Lipinski definition) is 3. The molecule has 102 valence electrons. The summed E-state index contributed by atoms with van der Waals surface area (Å²) < 4.78 is 2.77. The van der Waals surface area contributed by atoms with Crippen LogP contribution in [-0.4, -0.2) is 22.0 Å². The molecule has 3 atom stereocenters. The molecule has 0 spiro atoms. The van der Waals surface area contributed by atoms with E-state index in [1.54, 1.807) is 0 Å². The number of halogens is 1. The summed E-state index contributed by atoms with van der Waals surface area (Å²) in [6.45, 7) is 2.31. The number of nitrogens with zero attached hydrogens (tertiary/aromatic N) is 3. The maximum atomic E-state index is 4.11. The molecule has 1 heterocycles. The molecule has 1 aromatic heterocycles. The van der Waals surface area contributed by atoms with Crippen LogP contribution in [-0.2, 0) is 7.05 Å². The molecule has 2 rings (SSSR count). The number of rotatable bonds is 4. The zero-order valence-corrected chi connectivity index (χ0v) is 13.1. The Labute approximate surface area is 118 Å². The van der Waals surface area contributed by atoms with Gasteiger partial charge in [0, 0.05) is 7.05 Å². The van der Waals surface area contributed by atoms with Crippen molar-refractivity contribution < 1.29 is 0 Å². The van der Waals surface area contributed by atoms with Crippen molar-refractivity contribution in [3.05, 3.63) is 10.3 Å². The Kier molecular flexibility index (Phi) is 4.78. The Balaban J connectivity index is 2.18. The molecule has 1 saturated carbocycles. The normalized spacial score (nSPS) is 26.2. The summed E-state index contributed by atoms with van der Waals surface area (Å²) in [7, 11) is 4.01. The van der Waals surface area contributed by atoms with Crippen LogP contribution in [0.3, 0.4) is 0 Å². The predicted molar refractivity (Wildman–Crippen MR) is 76.2 cm³/mol. The Morgan fingerprint density at radius 2 is 2.28 bits per heavy atom. The first-order valence-corrected chi connectivity index (χ1v) is 7.69. The van der Waals surface area contributed by atoms with Gasteiger partial charge in [-0.1, -0.05) is 31.4 Å². The average Bonchev–Trinajstić information content (AvgIpc) is 2.72. The Morgan fingerprint density at radius 1 is 1.50 bits per heavy atom. The second kappa shape index (κ2) is 6.15. The highest BCUT2D eigenvalue weighted by Gasteiger charge is 2.31. The van der Waals surface area contributed by atoms with E-state index in [9.17, 15) is 0 Å². The molecule has 0 bridgehead atoms. The molecule has 1 aliphatic carbocycles. The lowest BCUT2D eigenvalue weighted by molar-refractivity contribution is 0.209. The van der Waals surface area contributed by atoms with Gasteiger partial charge < -0.3 is 5.32 Å². The topological polar surface area (TPSA) is 42.7 Å². The Hall–Kier alpha value is -0.420. The standard InChI is InChI=1S/C13H23BrN4/c1-4-9-6-5-7-10(8-9)11(15-2)12-13(14)16-17-18(12)3/h9-11,15H,4-8H2,1-3H3. The molecule has 0 amide bonds. The third kappa shape index (κ3) is 2.77. The third-order valence-electron chi connectivity index (χ3n) is 4.30. The summed E-state index contributed by atoms with van der Waals surface area (Å²) in [6.07, 6.45) is 6.68. The number of nitrogens with one attached hydrogen (secondary N) is 1. The van der Waals surface area contributed by atoms with E-state index < -0.39 is 0 Å². The Bertz CT molecular complexity index is 371. The van der Waals surface area contributed by atoms with Gasteiger partial charge in [-0.15, -0.1) is 5.10 Å². The average molecular weight is 315 g/mol. The van der Waals surface area contributed by atoms with Gasteiger partial charge in [0.05, 0.1) is 11.7 Å². The first kappa shape index (κ1) is 14.0. The van der Waals surface area contributed by atoms with Crippen LogP contribution in [0.2, 0.25) is 0 Å². The predicted octanol–water partition coefficient (Wildman–Crippen LogP) is 3.05. The zero-order valence-electron chi connectivity index (χ0n) is 11.5. The van der Waals surface area contributed by atoms with Gasteiger partial charge in [-0.2, -0.15) is 0 Å². The smallest absolute Gasteiger partial charge is 0.153 e. The molecule has 1 aromatic rings. The lowest BCUT2D eigenvalue weighted by Gasteiger charge is -2.34. The van der Waals surface area contributed by atoms with Crippen LogP contribution in [0.5, 0.6) is 0 Å². The minimum atomic E-state index is 0.355. The molecule has 4 nitrogen and oxygen atoms in total. The SMILES string of the molecule is CCC1CCCC(C(NC)c2c(Br)nnn2C)C1. The van der Waals surface area contributed by atoms with Gasteiger partial charge in [-0.05, 0) is 47.7 Å². The molecule has 0 radical (unpaired) electrons. The number of hydrogen-bond donors (Lipinski definition) is 1. The van der Waals surface area contributed by atoms with Crippen molar-refractivity contribution in [2.75, 3.05) is 7.05 Å². The van der Waals surface area contributed by atoms with Crippen LogP contribution in [0.4, 0.5) is 0 Å². The van der Waals surface area contributed by atoms with Crippen molar-refractivity contribution in [3.63, 3.8) is 0 Å². The highest BCUT2D eigenvalue weighted by molar-refractivity contribution is 9.10. The highest BCUT2D eigenvalue weighted by Crippen LogP contribution is 2.39. The van der Waals surface area contributed by atoms with E-state index in [0.29, 0.717) is 12.0 Å². The van der Waals surface area contributed by atoms with Crippen LogP contribution >= 0.6 is 15.9 Å². The van der Waals surface area contributed by atoms with Crippen molar-refractivity contribution in [2.24, 2.45) is 18.9 Å². The molecular weight excluding hydrogens is 292 g/mol.